The predicted octanol–water partition coefficient (Wildman–Crippen LogP) is 4.18. The zero-order valence-corrected chi connectivity index (χ0v) is 17.5. The molecule has 1 heterocycles. The normalized spacial score (nSPS) is 11.8. The van der Waals surface area contributed by atoms with Crippen molar-refractivity contribution < 1.29 is 18.6 Å². The van der Waals surface area contributed by atoms with E-state index in [1.165, 1.54) is 17.4 Å². The fourth-order valence-electron chi connectivity index (χ4n) is 2.81. The van der Waals surface area contributed by atoms with Gasteiger partial charge in [-0.1, -0.05) is 12.1 Å². The van der Waals surface area contributed by atoms with Gasteiger partial charge < -0.3 is 14.2 Å². The smallest absolute Gasteiger partial charge is 0.206 e. The van der Waals surface area contributed by atoms with Gasteiger partial charge in [0.05, 0.1) is 33.2 Å². The molecular formula is C21H22FN3O3S. The Bertz CT molecular complexity index is 1060. The van der Waals surface area contributed by atoms with Gasteiger partial charge in [-0.15, -0.1) is 11.3 Å². The number of thiazole rings is 1. The molecule has 2 aromatic carbocycles. The lowest BCUT2D eigenvalue weighted by Gasteiger charge is -2.12. The van der Waals surface area contributed by atoms with Crippen LogP contribution in [-0.2, 0) is 0 Å². The summed E-state index contributed by atoms with van der Waals surface area (Å²) in [5.41, 5.74) is 1.83. The summed E-state index contributed by atoms with van der Waals surface area (Å²) in [7, 11) is 4.66. The van der Waals surface area contributed by atoms with Crippen LogP contribution in [0.1, 0.15) is 12.5 Å². The molecule has 0 aliphatic heterocycles. The summed E-state index contributed by atoms with van der Waals surface area (Å²) >= 11 is 1.41. The summed E-state index contributed by atoms with van der Waals surface area (Å²) in [5, 5.41) is 6.42. The highest BCUT2D eigenvalue weighted by Gasteiger charge is 2.14. The van der Waals surface area contributed by atoms with E-state index in [9.17, 15) is 4.39 Å². The van der Waals surface area contributed by atoms with Crippen molar-refractivity contribution >= 4 is 17.6 Å². The topological polar surface area (TPSA) is 57.3 Å². The maximum Gasteiger partial charge on any atom is 0.206 e. The molecule has 8 heteroatoms. The fraction of sp³-hybridized carbons (Fsp3) is 0.238. The van der Waals surface area contributed by atoms with Crippen molar-refractivity contribution in [1.82, 2.24) is 4.68 Å². The summed E-state index contributed by atoms with van der Waals surface area (Å²) in [6, 6.07) is 10.2. The van der Waals surface area contributed by atoms with Crippen LogP contribution in [0.3, 0.4) is 0 Å². The van der Waals surface area contributed by atoms with E-state index in [1.807, 2.05) is 12.3 Å². The molecule has 0 atom stereocenters. The van der Waals surface area contributed by atoms with E-state index >= 15 is 0 Å². The largest absolute Gasteiger partial charge is 0.493 e. The molecule has 0 aliphatic rings. The molecule has 0 unspecified atom stereocenters. The maximum atomic E-state index is 14.4. The highest BCUT2D eigenvalue weighted by atomic mass is 32.1. The first-order valence-corrected chi connectivity index (χ1v) is 9.81. The zero-order valence-electron chi connectivity index (χ0n) is 16.7. The summed E-state index contributed by atoms with van der Waals surface area (Å²) < 4.78 is 32.1. The van der Waals surface area contributed by atoms with E-state index in [4.69, 9.17) is 14.2 Å². The highest BCUT2D eigenvalue weighted by molar-refractivity contribution is 7.07. The lowest BCUT2D eigenvalue weighted by atomic mass is 10.1. The Morgan fingerprint density at radius 2 is 1.76 bits per heavy atom. The first-order valence-electron chi connectivity index (χ1n) is 8.93. The number of methoxy groups -OCH3 is 3. The number of benzene rings is 2. The van der Waals surface area contributed by atoms with Crippen molar-refractivity contribution in [2.45, 2.75) is 6.92 Å². The van der Waals surface area contributed by atoms with Gasteiger partial charge in [-0.3, -0.25) is 4.99 Å². The second-order valence-corrected chi connectivity index (χ2v) is 6.71. The predicted molar refractivity (Wildman–Crippen MR) is 113 cm³/mol. The molecule has 0 fully saturated rings. The first kappa shape index (κ1) is 20.6. The molecule has 6 nitrogen and oxygen atoms in total. The minimum atomic E-state index is -0.315. The Kier molecular flexibility index (Phi) is 6.66. The van der Waals surface area contributed by atoms with Crippen LogP contribution in [0.15, 0.2) is 51.9 Å². The average Bonchev–Trinajstić information content (AvgIpc) is 3.14. The number of halogens is 1. The van der Waals surface area contributed by atoms with Gasteiger partial charge in [-0.25, -0.2) is 9.07 Å². The summed E-state index contributed by atoms with van der Waals surface area (Å²) in [6.45, 7) is 2.53. The molecule has 0 saturated heterocycles. The fourth-order valence-corrected chi connectivity index (χ4v) is 3.70. The van der Waals surface area contributed by atoms with Gasteiger partial charge in [-0.05, 0) is 31.2 Å². The van der Waals surface area contributed by atoms with Gasteiger partial charge >= 0.3 is 0 Å². The Morgan fingerprint density at radius 3 is 2.34 bits per heavy atom. The van der Waals surface area contributed by atoms with E-state index in [2.05, 4.69) is 10.1 Å². The van der Waals surface area contributed by atoms with Gasteiger partial charge in [0.1, 0.15) is 5.82 Å². The summed E-state index contributed by atoms with van der Waals surface area (Å²) in [6.07, 6.45) is 1.65. The Labute approximate surface area is 172 Å². The highest BCUT2D eigenvalue weighted by Crippen LogP contribution is 2.37. The van der Waals surface area contributed by atoms with Crippen LogP contribution in [0.5, 0.6) is 17.2 Å². The summed E-state index contributed by atoms with van der Waals surface area (Å²) in [5.74, 6) is 1.24. The Balaban J connectivity index is 2.11. The van der Waals surface area contributed by atoms with E-state index in [0.29, 0.717) is 39.9 Å². The third-order valence-corrected chi connectivity index (χ3v) is 4.99. The van der Waals surface area contributed by atoms with Crippen LogP contribution in [0.25, 0.3) is 11.3 Å². The molecule has 0 spiro atoms. The van der Waals surface area contributed by atoms with E-state index < -0.39 is 0 Å². The Morgan fingerprint density at radius 1 is 1.07 bits per heavy atom. The Hall–Kier alpha value is -3.13. The minimum Gasteiger partial charge on any atom is -0.493 e. The number of hydrogen-bond donors (Lipinski definition) is 0. The molecule has 0 N–H and O–H groups in total. The standard InChI is InChI=1S/C21H22FN3O3S/c1-5-23-21-25(17(13-29-21)15-8-6-7-9-16(15)22)24-12-14-10-18(26-2)20(28-4)19(11-14)27-3/h6-13H,5H2,1-4H3/b23-21?,24-12-. The van der Waals surface area contributed by atoms with Gasteiger partial charge in [0.15, 0.2) is 11.5 Å². The first-order chi connectivity index (χ1) is 14.1. The van der Waals surface area contributed by atoms with Crippen LogP contribution < -0.4 is 19.0 Å². The third-order valence-electron chi connectivity index (χ3n) is 4.14. The molecular weight excluding hydrogens is 393 g/mol. The van der Waals surface area contributed by atoms with Crippen molar-refractivity contribution in [2.75, 3.05) is 27.9 Å². The minimum absolute atomic E-state index is 0.315. The number of aromatic nitrogens is 1. The van der Waals surface area contributed by atoms with Gasteiger partial charge in [0.2, 0.25) is 10.6 Å². The molecule has 1 aromatic heterocycles. The lowest BCUT2D eigenvalue weighted by Crippen LogP contribution is -2.12. The number of hydrogen-bond acceptors (Lipinski definition) is 6. The van der Waals surface area contributed by atoms with Crippen LogP contribution in [0.2, 0.25) is 0 Å². The van der Waals surface area contributed by atoms with E-state index in [0.717, 1.165) is 5.56 Å². The monoisotopic (exact) mass is 415 g/mol. The SMILES string of the molecule is CCN=c1scc(-c2ccccc2F)n1/N=C\c1cc(OC)c(OC)c(OC)c1. The van der Waals surface area contributed by atoms with Gasteiger partial charge in [0.25, 0.3) is 0 Å². The number of nitrogens with zero attached hydrogens (tertiary/aromatic N) is 3. The van der Waals surface area contributed by atoms with Crippen molar-refractivity contribution in [1.29, 1.82) is 0 Å². The second kappa shape index (κ2) is 9.38. The third kappa shape index (κ3) is 4.32. The molecule has 3 aromatic rings. The molecule has 0 bridgehead atoms. The van der Waals surface area contributed by atoms with Crippen LogP contribution in [-0.4, -0.2) is 38.8 Å². The van der Waals surface area contributed by atoms with Gasteiger partial charge in [0, 0.05) is 23.1 Å². The quantitative estimate of drug-likeness (QED) is 0.544. The van der Waals surface area contributed by atoms with Crippen molar-refractivity contribution in [3.05, 3.63) is 58.0 Å². The molecule has 0 radical (unpaired) electrons. The maximum absolute atomic E-state index is 14.4. The van der Waals surface area contributed by atoms with E-state index in [-0.39, 0.29) is 5.82 Å². The van der Waals surface area contributed by atoms with Crippen molar-refractivity contribution in [3.63, 3.8) is 0 Å². The zero-order chi connectivity index (χ0) is 20.8. The summed E-state index contributed by atoms with van der Waals surface area (Å²) in [4.78, 5) is 5.14. The van der Waals surface area contributed by atoms with Crippen molar-refractivity contribution in [2.24, 2.45) is 10.1 Å². The van der Waals surface area contributed by atoms with Crippen LogP contribution >= 0.6 is 11.3 Å². The number of rotatable bonds is 7. The number of ether oxygens (including phenoxy) is 3. The molecule has 29 heavy (non-hydrogen) atoms. The lowest BCUT2D eigenvalue weighted by molar-refractivity contribution is 0.324. The molecule has 0 amide bonds. The molecule has 152 valence electrons. The van der Waals surface area contributed by atoms with E-state index in [1.54, 1.807) is 62.6 Å². The molecule has 0 saturated carbocycles. The average molecular weight is 415 g/mol. The van der Waals surface area contributed by atoms with Crippen LogP contribution in [0, 0.1) is 5.82 Å². The molecule has 3 rings (SSSR count). The second-order valence-electron chi connectivity index (χ2n) is 5.87. The van der Waals surface area contributed by atoms with Gasteiger partial charge in [-0.2, -0.15) is 5.10 Å². The van der Waals surface area contributed by atoms with Crippen LogP contribution in [0.4, 0.5) is 4.39 Å². The molecule has 0 aliphatic carbocycles. The van der Waals surface area contributed by atoms with Crippen molar-refractivity contribution in [3.8, 4) is 28.5 Å².